The molecule has 1 aliphatic rings. The molecule has 0 radical (unpaired) electrons. The fourth-order valence-corrected chi connectivity index (χ4v) is 2.58. The monoisotopic (exact) mass is 319 g/mol. The Kier molecular flexibility index (Phi) is 6.22. The van der Waals surface area contributed by atoms with Gasteiger partial charge in [-0.25, -0.2) is 4.79 Å². The highest BCUT2D eigenvalue weighted by Gasteiger charge is 2.18. The second-order valence-corrected chi connectivity index (χ2v) is 5.42. The second-order valence-electron chi connectivity index (χ2n) is 5.42. The summed E-state index contributed by atoms with van der Waals surface area (Å²) in [6, 6.07) is 7.36. The maximum absolute atomic E-state index is 11.9. The predicted molar refractivity (Wildman–Crippen MR) is 91.9 cm³/mol. The number of hydrogen-bond donors (Lipinski definition) is 3. The largest absolute Gasteiger partial charge is 0.367 e. The van der Waals surface area contributed by atoms with Crippen molar-refractivity contribution in [3.05, 3.63) is 24.3 Å². The van der Waals surface area contributed by atoms with Gasteiger partial charge < -0.3 is 25.8 Å². The van der Waals surface area contributed by atoms with Crippen LogP contribution in [0.1, 0.15) is 6.92 Å². The summed E-state index contributed by atoms with van der Waals surface area (Å²) in [7, 11) is 1.53. The molecular weight excluding hydrogens is 294 g/mol. The lowest BCUT2D eigenvalue weighted by Crippen LogP contribution is -2.46. The fourth-order valence-electron chi connectivity index (χ4n) is 2.58. The zero-order chi connectivity index (χ0) is 16.7. The summed E-state index contributed by atoms with van der Waals surface area (Å²) in [6.07, 6.45) is 0. The molecule has 1 fully saturated rings. The van der Waals surface area contributed by atoms with Crippen LogP contribution in [0.15, 0.2) is 24.3 Å². The number of amides is 3. The molecule has 0 saturated carbocycles. The Bertz CT molecular complexity index is 541. The van der Waals surface area contributed by atoms with E-state index in [4.69, 9.17) is 0 Å². The first-order valence-corrected chi connectivity index (χ1v) is 7.95. The Hall–Kier alpha value is -2.28. The van der Waals surface area contributed by atoms with E-state index in [1.807, 2.05) is 24.3 Å². The topological polar surface area (TPSA) is 76.7 Å². The van der Waals surface area contributed by atoms with Crippen molar-refractivity contribution in [2.24, 2.45) is 0 Å². The average Bonchev–Trinajstić information content (AvgIpc) is 2.60. The maximum Gasteiger partial charge on any atom is 0.319 e. The van der Waals surface area contributed by atoms with Crippen molar-refractivity contribution < 1.29 is 9.59 Å². The smallest absolute Gasteiger partial charge is 0.319 e. The third-order valence-corrected chi connectivity index (χ3v) is 4.00. The lowest BCUT2D eigenvalue weighted by Gasteiger charge is -2.36. The van der Waals surface area contributed by atoms with E-state index < -0.39 is 0 Å². The van der Waals surface area contributed by atoms with Crippen molar-refractivity contribution in [1.29, 1.82) is 0 Å². The molecule has 1 aromatic rings. The SMILES string of the molecule is CCN1CCN(c2ccccc2NC(=O)NCC(=O)NC)CC1. The summed E-state index contributed by atoms with van der Waals surface area (Å²) in [6.45, 7) is 7.11. The van der Waals surface area contributed by atoms with Crippen molar-refractivity contribution >= 4 is 23.3 Å². The Labute approximate surface area is 137 Å². The number of hydrogen-bond acceptors (Lipinski definition) is 4. The first-order chi connectivity index (χ1) is 11.1. The third-order valence-electron chi connectivity index (χ3n) is 4.00. The Morgan fingerprint density at radius 1 is 1.13 bits per heavy atom. The molecule has 1 aromatic carbocycles. The van der Waals surface area contributed by atoms with E-state index >= 15 is 0 Å². The Morgan fingerprint density at radius 2 is 1.83 bits per heavy atom. The van der Waals surface area contributed by atoms with Gasteiger partial charge in [-0.3, -0.25) is 4.79 Å². The number of anilines is 2. The van der Waals surface area contributed by atoms with Crippen LogP contribution in [0.2, 0.25) is 0 Å². The summed E-state index contributed by atoms with van der Waals surface area (Å²) in [5, 5.41) is 7.83. The van der Waals surface area contributed by atoms with E-state index in [0.717, 1.165) is 44.1 Å². The van der Waals surface area contributed by atoms with Crippen LogP contribution in [0.5, 0.6) is 0 Å². The van der Waals surface area contributed by atoms with Gasteiger partial charge in [-0.05, 0) is 18.7 Å². The number of piperazine rings is 1. The Morgan fingerprint density at radius 3 is 2.48 bits per heavy atom. The lowest BCUT2D eigenvalue weighted by atomic mass is 10.2. The van der Waals surface area contributed by atoms with Gasteiger partial charge >= 0.3 is 6.03 Å². The minimum absolute atomic E-state index is 0.0420. The van der Waals surface area contributed by atoms with Gasteiger partial charge in [-0.2, -0.15) is 0 Å². The van der Waals surface area contributed by atoms with E-state index in [0.29, 0.717) is 0 Å². The van der Waals surface area contributed by atoms with Crippen molar-refractivity contribution in [2.75, 3.05) is 56.5 Å². The molecule has 126 valence electrons. The molecule has 1 aliphatic heterocycles. The van der Waals surface area contributed by atoms with Crippen molar-refractivity contribution in [2.45, 2.75) is 6.92 Å². The molecule has 0 unspecified atom stereocenters. The lowest BCUT2D eigenvalue weighted by molar-refractivity contribution is -0.119. The number of nitrogens with zero attached hydrogens (tertiary/aromatic N) is 2. The van der Waals surface area contributed by atoms with Gasteiger partial charge in [-0.15, -0.1) is 0 Å². The van der Waals surface area contributed by atoms with Crippen LogP contribution >= 0.6 is 0 Å². The molecule has 0 aromatic heterocycles. The molecule has 7 nitrogen and oxygen atoms in total. The molecule has 0 spiro atoms. The highest BCUT2D eigenvalue weighted by atomic mass is 16.2. The van der Waals surface area contributed by atoms with Crippen LogP contribution in [0.4, 0.5) is 16.2 Å². The number of likely N-dealkylation sites (N-methyl/N-ethyl adjacent to an activating group) is 2. The summed E-state index contributed by atoms with van der Waals surface area (Å²) in [5.41, 5.74) is 1.77. The van der Waals surface area contributed by atoms with Crippen LogP contribution in [-0.2, 0) is 4.79 Å². The van der Waals surface area contributed by atoms with Crippen molar-refractivity contribution in [1.82, 2.24) is 15.5 Å². The van der Waals surface area contributed by atoms with Gasteiger partial charge in [0.2, 0.25) is 5.91 Å². The van der Waals surface area contributed by atoms with Crippen LogP contribution in [0.25, 0.3) is 0 Å². The van der Waals surface area contributed by atoms with Crippen LogP contribution in [-0.4, -0.2) is 63.2 Å². The zero-order valence-corrected chi connectivity index (χ0v) is 13.8. The van der Waals surface area contributed by atoms with E-state index in [-0.39, 0.29) is 18.5 Å². The van der Waals surface area contributed by atoms with Gasteiger partial charge in [0, 0.05) is 33.2 Å². The van der Waals surface area contributed by atoms with Crippen molar-refractivity contribution in [3.8, 4) is 0 Å². The second kappa shape index (κ2) is 8.38. The van der Waals surface area contributed by atoms with Gasteiger partial charge in [0.25, 0.3) is 0 Å². The van der Waals surface area contributed by atoms with Gasteiger partial charge in [0.15, 0.2) is 0 Å². The molecule has 3 N–H and O–H groups in total. The summed E-state index contributed by atoms with van der Waals surface area (Å²) >= 11 is 0. The fraction of sp³-hybridized carbons (Fsp3) is 0.500. The summed E-state index contributed by atoms with van der Waals surface area (Å²) in [5.74, 6) is -0.232. The molecule has 1 saturated heterocycles. The molecule has 0 aliphatic carbocycles. The van der Waals surface area contributed by atoms with E-state index in [1.54, 1.807) is 0 Å². The summed E-state index contributed by atoms with van der Waals surface area (Å²) < 4.78 is 0. The van der Waals surface area contributed by atoms with E-state index in [9.17, 15) is 9.59 Å². The minimum atomic E-state index is -0.381. The molecule has 7 heteroatoms. The highest BCUT2D eigenvalue weighted by Crippen LogP contribution is 2.26. The summed E-state index contributed by atoms with van der Waals surface area (Å²) in [4.78, 5) is 27.8. The number of carbonyl (C=O) groups is 2. The van der Waals surface area contributed by atoms with Crippen LogP contribution in [0.3, 0.4) is 0 Å². The number of urea groups is 1. The third kappa shape index (κ3) is 4.85. The molecule has 0 atom stereocenters. The van der Waals surface area contributed by atoms with Gasteiger partial charge in [0.1, 0.15) is 0 Å². The van der Waals surface area contributed by atoms with Gasteiger partial charge in [-0.1, -0.05) is 19.1 Å². The van der Waals surface area contributed by atoms with E-state index in [2.05, 4.69) is 32.7 Å². The maximum atomic E-state index is 11.9. The zero-order valence-electron chi connectivity index (χ0n) is 13.8. The molecule has 3 amide bonds. The standard InChI is InChI=1S/C16H25N5O2/c1-3-20-8-10-21(11-9-20)14-7-5-4-6-13(14)19-16(23)18-12-15(22)17-2/h4-7H,3,8-12H2,1-2H3,(H,17,22)(H2,18,19,23). The highest BCUT2D eigenvalue weighted by molar-refractivity contribution is 5.95. The Balaban J connectivity index is 1.97. The number of para-hydroxylation sites is 2. The molecular formula is C16H25N5O2. The number of carbonyl (C=O) groups excluding carboxylic acids is 2. The van der Waals surface area contributed by atoms with Crippen molar-refractivity contribution in [3.63, 3.8) is 0 Å². The van der Waals surface area contributed by atoms with Gasteiger partial charge in [0.05, 0.1) is 17.9 Å². The first-order valence-electron chi connectivity index (χ1n) is 7.95. The normalized spacial score (nSPS) is 15.1. The average molecular weight is 319 g/mol. The van der Waals surface area contributed by atoms with E-state index in [1.165, 1.54) is 7.05 Å². The molecule has 0 bridgehead atoms. The molecule has 2 rings (SSSR count). The molecule has 1 heterocycles. The predicted octanol–water partition coefficient (Wildman–Crippen LogP) is 0.696. The van der Waals surface area contributed by atoms with Crippen LogP contribution < -0.4 is 20.9 Å². The molecule has 23 heavy (non-hydrogen) atoms. The van der Waals surface area contributed by atoms with Crippen LogP contribution in [0, 0.1) is 0 Å². The number of nitrogens with one attached hydrogen (secondary N) is 3. The minimum Gasteiger partial charge on any atom is -0.367 e. The first kappa shape index (κ1) is 17.1. The number of benzene rings is 1. The quantitative estimate of drug-likeness (QED) is 0.746. The number of rotatable bonds is 5.